The zero-order chi connectivity index (χ0) is 29.5. The van der Waals surface area contributed by atoms with Crippen molar-refractivity contribution in [3.8, 4) is 5.75 Å². The van der Waals surface area contributed by atoms with Gasteiger partial charge in [-0.1, -0.05) is 41.7 Å². The van der Waals surface area contributed by atoms with E-state index in [1.807, 2.05) is 30.3 Å². The lowest BCUT2D eigenvalue weighted by atomic mass is 10.1. The Kier molecular flexibility index (Phi) is 9.30. The van der Waals surface area contributed by atoms with Crippen LogP contribution < -0.4 is 21.1 Å². The molecule has 4 N–H and O–H groups in total. The molecule has 1 aromatic heterocycles. The summed E-state index contributed by atoms with van der Waals surface area (Å²) in [5.41, 5.74) is 13.6. The molecule has 0 aliphatic heterocycles. The Labute approximate surface area is 241 Å². The van der Waals surface area contributed by atoms with Gasteiger partial charge in [-0.15, -0.1) is 0 Å². The zero-order valence-corrected chi connectivity index (χ0v) is 23.4. The number of nitrogens with zero attached hydrogens (tertiary/aromatic N) is 3. The first-order valence-corrected chi connectivity index (χ1v) is 13.6. The van der Waals surface area contributed by atoms with Crippen LogP contribution in [0.5, 0.6) is 5.75 Å². The van der Waals surface area contributed by atoms with Crippen molar-refractivity contribution in [3.63, 3.8) is 0 Å². The van der Waals surface area contributed by atoms with Crippen molar-refractivity contribution in [2.75, 3.05) is 30.8 Å². The standard InChI is InChI=1S/C30H30FN5O4S/c1-19(29(33)39)36(23-12-10-22(31)11-13-23)30-34-28(32)27(41-30)26(38)21-8-14-24(15-9-21)40-18-25(37)35(2)17-16-20-6-4-3-5-7-20/h3-15,19H,16-18,32H2,1-2H3,(H2,33,39)/t19-/m1/s1. The molecule has 0 saturated carbocycles. The van der Waals surface area contributed by atoms with Gasteiger partial charge in [0.2, 0.25) is 11.7 Å². The molecule has 2 amide bonds. The Hall–Kier alpha value is -4.77. The van der Waals surface area contributed by atoms with E-state index in [0.29, 0.717) is 23.5 Å². The van der Waals surface area contributed by atoms with Gasteiger partial charge in [0, 0.05) is 24.8 Å². The molecule has 0 fully saturated rings. The third kappa shape index (κ3) is 7.25. The molecule has 0 aliphatic rings. The lowest BCUT2D eigenvalue weighted by Crippen LogP contribution is -2.39. The molecular formula is C30H30FN5O4S. The van der Waals surface area contributed by atoms with E-state index in [1.165, 1.54) is 29.2 Å². The van der Waals surface area contributed by atoms with Crippen LogP contribution >= 0.6 is 11.3 Å². The molecule has 41 heavy (non-hydrogen) atoms. The summed E-state index contributed by atoms with van der Waals surface area (Å²) in [6.07, 6.45) is 0.741. The first kappa shape index (κ1) is 29.2. The predicted octanol–water partition coefficient (Wildman–Crippen LogP) is 4.19. The zero-order valence-electron chi connectivity index (χ0n) is 22.6. The highest BCUT2D eigenvalue weighted by atomic mass is 32.1. The van der Waals surface area contributed by atoms with Crippen molar-refractivity contribution in [2.45, 2.75) is 19.4 Å². The minimum absolute atomic E-state index is 0.0109. The number of rotatable bonds is 12. The summed E-state index contributed by atoms with van der Waals surface area (Å²) in [5, 5.41) is 0.263. The lowest BCUT2D eigenvalue weighted by Gasteiger charge is -2.26. The number of primary amides is 1. The van der Waals surface area contributed by atoms with Crippen LogP contribution in [-0.2, 0) is 16.0 Å². The summed E-state index contributed by atoms with van der Waals surface area (Å²) in [6, 6.07) is 20.9. The Morgan fingerprint density at radius 1 is 1.00 bits per heavy atom. The van der Waals surface area contributed by atoms with E-state index in [1.54, 1.807) is 43.1 Å². The number of hydrogen-bond acceptors (Lipinski definition) is 8. The van der Waals surface area contributed by atoms with Gasteiger partial charge in [-0.2, -0.15) is 0 Å². The fraction of sp³-hybridized carbons (Fsp3) is 0.200. The topological polar surface area (TPSA) is 132 Å². The van der Waals surface area contributed by atoms with Gasteiger partial charge in [0.25, 0.3) is 5.91 Å². The molecule has 0 bridgehead atoms. The number of nitrogen functional groups attached to an aromatic ring is 1. The van der Waals surface area contributed by atoms with Crippen LogP contribution in [0.1, 0.15) is 27.7 Å². The van der Waals surface area contributed by atoms with Crippen molar-refractivity contribution in [1.82, 2.24) is 9.88 Å². The number of likely N-dealkylation sites (N-methyl/N-ethyl adjacent to an activating group) is 1. The van der Waals surface area contributed by atoms with Crippen LogP contribution in [0.3, 0.4) is 0 Å². The van der Waals surface area contributed by atoms with Gasteiger partial charge in [0.15, 0.2) is 11.7 Å². The minimum Gasteiger partial charge on any atom is -0.484 e. The summed E-state index contributed by atoms with van der Waals surface area (Å²) >= 11 is 0.997. The number of anilines is 3. The SMILES string of the molecule is C[C@H](C(N)=O)N(c1ccc(F)cc1)c1nc(N)c(C(=O)c2ccc(OCC(=O)N(C)CCc3ccccc3)cc2)s1. The first-order valence-electron chi connectivity index (χ1n) is 12.8. The van der Waals surface area contributed by atoms with E-state index in [9.17, 15) is 18.8 Å². The second-order valence-electron chi connectivity index (χ2n) is 9.33. The van der Waals surface area contributed by atoms with Gasteiger partial charge in [-0.05, 0) is 67.4 Å². The van der Waals surface area contributed by atoms with Crippen molar-refractivity contribution < 1.29 is 23.5 Å². The quantitative estimate of drug-likeness (QED) is 0.242. The van der Waals surface area contributed by atoms with E-state index in [4.69, 9.17) is 16.2 Å². The van der Waals surface area contributed by atoms with E-state index < -0.39 is 17.8 Å². The number of nitrogens with two attached hydrogens (primary N) is 2. The minimum atomic E-state index is -0.842. The summed E-state index contributed by atoms with van der Waals surface area (Å²) < 4.78 is 19.1. The molecule has 0 unspecified atom stereocenters. The van der Waals surface area contributed by atoms with Gasteiger partial charge < -0.3 is 26.0 Å². The average molecular weight is 576 g/mol. The fourth-order valence-electron chi connectivity index (χ4n) is 3.97. The van der Waals surface area contributed by atoms with Gasteiger partial charge in [0.1, 0.15) is 28.3 Å². The highest BCUT2D eigenvalue weighted by molar-refractivity contribution is 7.18. The molecule has 0 saturated heterocycles. The van der Waals surface area contributed by atoms with Gasteiger partial charge >= 0.3 is 0 Å². The third-order valence-corrected chi connectivity index (χ3v) is 7.51. The normalized spacial score (nSPS) is 11.5. The van der Waals surface area contributed by atoms with E-state index >= 15 is 0 Å². The number of thiazole rings is 1. The van der Waals surface area contributed by atoms with Crippen LogP contribution in [0.25, 0.3) is 0 Å². The molecule has 11 heteroatoms. The van der Waals surface area contributed by atoms with Crippen LogP contribution in [0.15, 0.2) is 78.9 Å². The molecule has 4 aromatic rings. The number of ketones is 1. The van der Waals surface area contributed by atoms with Gasteiger partial charge in [-0.3, -0.25) is 14.4 Å². The molecule has 0 aliphatic carbocycles. The number of ether oxygens (including phenoxy) is 1. The third-order valence-electron chi connectivity index (χ3n) is 6.44. The number of aromatic nitrogens is 1. The van der Waals surface area contributed by atoms with Crippen molar-refractivity contribution >= 4 is 45.6 Å². The summed E-state index contributed by atoms with van der Waals surface area (Å²) in [6.45, 7) is 2.00. The second-order valence-corrected chi connectivity index (χ2v) is 10.3. The first-order chi connectivity index (χ1) is 19.6. The number of halogens is 1. The molecule has 212 valence electrons. The molecule has 9 nitrogen and oxygen atoms in total. The van der Waals surface area contributed by atoms with Crippen LogP contribution in [0.4, 0.5) is 21.0 Å². The Morgan fingerprint density at radius 3 is 2.29 bits per heavy atom. The number of hydrogen-bond donors (Lipinski definition) is 2. The molecule has 0 spiro atoms. The molecule has 0 radical (unpaired) electrons. The van der Waals surface area contributed by atoms with Gasteiger partial charge in [-0.25, -0.2) is 9.37 Å². The monoisotopic (exact) mass is 575 g/mol. The maximum Gasteiger partial charge on any atom is 0.260 e. The maximum absolute atomic E-state index is 13.5. The highest BCUT2D eigenvalue weighted by Crippen LogP contribution is 2.36. The van der Waals surface area contributed by atoms with Crippen molar-refractivity contribution in [2.24, 2.45) is 5.73 Å². The van der Waals surface area contributed by atoms with E-state index in [0.717, 1.165) is 23.3 Å². The Balaban J connectivity index is 1.41. The van der Waals surface area contributed by atoms with Crippen molar-refractivity contribution in [1.29, 1.82) is 0 Å². The smallest absolute Gasteiger partial charge is 0.260 e. The predicted molar refractivity (Wildman–Crippen MR) is 157 cm³/mol. The maximum atomic E-state index is 13.5. The number of carbonyl (C=O) groups is 3. The molecule has 4 rings (SSSR count). The Bertz CT molecular complexity index is 1510. The van der Waals surface area contributed by atoms with Gasteiger partial charge in [0.05, 0.1) is 0 Å². The summed E-state index contributed by atoms with van der Waals surface area (Å²) in [5.74, 6) is -1.19. The summed E-state index contributed by atoms with van der Waals surface area (Å²) in [7, 11) is 1.73. The fourth-order valence-corrected chi connectivity index (χ4v) is 5.02. The Morgan fingerprint density at radius 2 is 1.66 bits per heavy atom. The van der Waals surface area contributed by atoms with E-state index in [-0.39, 0.29) is 34.1 Å². The largest absolute Gasteiger partial charge is 0.484 e. The molecular weight excluding hydrogens is 545 g/mol. The lowest BCUT2D eigenvalue weighted by molar-refractivity contribution is -0.132. The summed E-state index contributed by atoms with van der Waals surface area (Å²) in [4.78, 5) is 45.4. The van der Waals surface area contributed by atoms with Crippen molar-refractivity contribution in [3.05, 3.63) is 101 Å². The van der Waals surface area contributed by atoms with Crippen LogP contribution in [0.2, 0.25) is 0 Å². The van der Waals surface area contributed by atoms with Crippen LogP contribution in [-0.4, -0.2) is 53.7 Å². The molecule has 1 atom stereocenters. The second kappa shape index (κ2) is 13.1. The average Bonchev–Trinajstić information content (AvgIpc) is 3.36. The number of carbonyl (C=O) groups excluding carboxylic acids is 3. The molecule has 3 aromatic carbocycles. The highest BCUT2D eigenvalue weighted by Gasteiger charge is 2.27. The number of benzene rings is 3. The number of amides is 2. The van der Waals surface area contributed by atoms with Crippen LogP contribution in [0, 0.1) is 5.82 Å². The van der Waals surface area contributed by atoms with E-state index in [2.05, 4.69) is 4.98 Å². The molecule has 1 heterocycles.